The molecule has 0 bridgehead atoms. The number of aromatic nitrogens is 4. The summed E-state index contributed by atoms with van der Waals surface area (Å²) in [6, 6.07) is 15.4. The van der Waals surface area contributed by atoms with E-state index in [0.29, 0.717) is 30.5 Å². The number of hydrogen-bond donors (Lipinski definition) is 1. The van der Waals surface area contributed by atoms with E-state index in [4.69, 9.17) is 24.2 Å². The number of methoxy groups -OCH3 is 1. The van der Waals surface area contributed by atoms with Crippen LogP contribution in [-0.2, 0) is 20.8 Å². The lowest BCUT2D eigenvalue weighted by Gasteiger charge is -2.27. The Kier molecular flexibility index (Phi) is 8.36. The Morgan fingerprint density at radius 1 is 0.927 bits per heavy atom. The van der Waals surface area contributed by atoms with Crippen LogP contribution in [-0.4, -0.2) is 96.6 Å². The molecule has 0 amide bonds. The molecule has 4 aromatic rings. The first kappa shape index (κ1) is 27.1. The third kappa shape index (κ3) is 6.48. The third-order valence-electron chi connectivity index (χ3n) is 7.48. The Morgan fingerprint density at radius 3 is 2.44 bits per heavy atom. The number of anilines is 3. The van der Waals surface area contributed by atoms with Crippen molar-refractivity contribution in [3.63, 3.8) is 0 Å². The van der Waals surface area contributed by atoms with Crippen molar-refractivity contribution in [3.05, 3.63) is 60.4 Å². The van der Waals surface area contributed by atoms with Gasteiger partial charge in [-0.05, 0) is 42.8 Å². The van der Waals surface area contributed by atoms with Crippen molar-refractivity contribution in [1.82, 2.24) is 24.4 Å². The van der Waals surface area contributed by atoms with Crippen LogP contribution in [0.15, 0.2) is 54.9 Å². The van der Waals surface area contributed by atoms with Crippen LogP contribution in [0.25, 0.3) is 22.3 Å². The standard InChI is InChI=1S/C30H35N7O4/c1-39-29(38)22-3-6-24(7-4-22)32-28-20-26(33-30(34-28)36-13-17-41-18-14-36)23-5-8-25-27(19-23)37(21-31-25)10-2-9-35-11-15-40-16-12-35/h3-8,19-21H,2,9-18H2,1H3,(H,32,33,34). The molecule has 0 unspecified atom stereocenters. The molecule has 0 spiro atoms. The molecule has 0 atom stereocenters. The quantitative estimate of drug-likeness (QED) is 0.307. The lowest BCUT2D eigenvalue weighted by Crippen LogP contribution is -2.37. The molecular weight excluding hydrogens is 522 g/mol. The Hall–Kier alpha value is -4.06. The topological polar surface area (TPSA) is 107 Å². The molecule has 11 nitrogen and oxygen atoms in total. The lowest BCUT2D eigenvalue weighted by atomic mass is 10.1. The van der Waals surface area contributed by atoms with E-state index in [2.05, 4.69) is 42.9 Å². The Balaban J connectivity index is 1.27. The van der Waals surface area contributed by atoms with Crippen molar-refractivity contribution in [1.29, 1.82) is 0 Å². The van der Waals surface area contributed by atoms with E-state index in [1.54, 1.807) is 12.1 Å². The van der Waals surface area contributed by atoms with E-state index in [1.165, 1.54) is 7.11 Å². The second-order valence-corrected chi connectivity index (χ2v) is 10.2. The van der Waals surface area contributed by atoms with E-state index in [0.717, 1.165) is 86.9 Å². The number of aryl methyl sites for hydroxylation is 1. The molecule has 4 heterocycles. The SMILES string of the molecule is COC(=O)c1ccc(Nc2cc(-c3ccc4ncn(CCCN5CCOCC5)c4c3)nc(N3CCOCC3)n2)cc1. The molecule has 2 aromatic carbocycles. The van der Waals surface area contributed by atoms with Gasteiger partial charge < -0.3 is 29.0 Å². The first-order chi connectivity index (χ1) is 20.2. The predicted molar refractivity (Wildman–Crippen MR) is 157 cm³/mol. The molecule has 2 aromatic heterocycles. The highest BCUT2D eigenvalue weighted by atomic mass is 16.5. The Labute approximate surface area is 239 Å². The Morgan fingerprint density at radius 2 is 1.68 bits per heavy atom. The number of hydrogen-bond acceptors (Lipinski definition) is 10. The van der Waals surface area contributed by atoms with Crippen LogP contribution in [0.4, 0.5) is 17.5 Å². The number of rotatable bonds is 9. The summed E-state index contributed by atoms with van der Waals surface area (Å²) < 4.78 is 18.1. The molecule has 41 heavy (non-hydrogen) atoms. The molecule has 2 saturated heterocycles. The maximum Gasteiger partial charge on any atom is 0.337 e. The van der Waals surface area contributed by atoms with Gasteiger partial charge in [0.15, 0.2) is 0 Å². The smallest absolute Gasteiger partial charge is 0.337 e. The van der Waals surface area contributed by atoms with Gasteiger partial charge in [-0.25, -0.2) is 14.8 Å². The predicted octanol–water partition coefficient (Wildman–Crippen LogP) is 3.58. The maximum atomic E-state index is 11.8. The zero-order valence-corrected chi connectivity index (χ0v) is 23.3. The van der Waals surface area contributed by atoms with Crippen molar-refractivity contribution in [2.24, 2.45) is 0 Å². The number of fused-ring (bicyclic) bond motifs is 1. The van der Waals surface area contributed by atoms with Gasteiger partial charge >= 0.3 is 5.97 Å². The van der Waals surface area contributed by atoms with Gasteiger partial charge in [0.05, 0.1) is 62.2 Å². The third-order valence-corrected chi connectivity index (χ3v) is 7.48. The van der Waals surface area contributed by atoms with Crippen LogP contribution in [0.2, 0.25) is 0 Å². The fourth-order valence-electron chi connectivity index (χ4n) is 5.19. The number of nitrogens with one attached hydrogen (secondary N) is 1. The molecule has 1 N–H and O–H groups in total. The van der Waals surface area contributed by atoms with E-state index >= 15 is 0 Å². The summed E-state index contributed by atoms with van der Waals surface area (Å²) in [6.45, 7) is 8.32. The monoisotopic (exact) mass is 557 g/mol. The van der Waals surface area contributed by atoms with E-state index in [-0.39, 0.29) is 5.97 Å². The minimum absolute atomic E-state index is 0.369. The van der Waals surface area contributed by atoms with Crippen molar-refractivity contribution in [2.75, 3.05) is 76.5 Å². The average Bonchev–Trinajstić information content (AvgIpc) is 3.44. The number of carbonyl (C=O) groups is 1. The minimum atomic E-state index is -0.369. The van der Waals surface area contributed by atoms with Crippen LogP contribution in [0, 0.1) is 0 Å². The van der Waals surface area contributed by atoms with Crippen LogP contribution in [0.1, 0.15) is 16.8 Å². The van der Waals surface area contributed by atoms with Gasteiger partial charge in [-0.15, -0.1) is 0 Å². The number of morpholine rings is 2. The van der Waals surface area contributed by atoms with Gasteiger partial charge in [-0.1, -0.05) is 6.07 Å². The summed E-state index contributed by atoms with van der Waals surface area (Å²) in [4.78, 5) is 30.9. The van der Waals surface area contributed by atoms with Crippen LogP contribution < -0.4 is 10.2 Å². The number of nitrogens with zero attached hydrogens (tertiary/aromatic N) is 6. The van der Waals surface area contributed by atoms with Crippen LogP contribution in [0.3, 0.4) is 0 Å². The molecule has 2 aliphatic heterocycles. The summed E-state index contributed by atoms with van der Waals surface area (Å²) in [5.41, 5.74) is 5.16. The summed E-state index contributed by atoms with van der Waals surface area (Å²) >= 11 is 0. The fourth-order valence-corrected chi connectivity index (χ4v) is 5.19. The second kappa shape index (κ2) is 12.6. The maximum absolute atomic E-state index is 11.8. The normalized spacial score (nSPS) is 16.2. The van der Waals surface area contributed by atoms with Crippen molar-refractivity contribution >= 4 is 34.5 Å². The van der Waals surface area contributed by atoms with Gasteiger partial charge in [-0.2, -0.15) is 4.98 Å². The molecule has 0 aliphatic carbocycles. The second-order valence-electron chi connectivity index (χ2n) is 10.2. The average molecular weight is 558 g/mol. The first-order valence-corrected chi connectivity index (χ1v) is 14.1. The number of carbonyl (C=O) groups excluding carboxylic acids is 1. The van der Waals surface area contributed by atoms with Gasteiger partial charge in [0, 0.05) is 56.6 Å². The summed E-state index contributed by atoms with van der Waals surface area (Å²) in [5.74, 6) is 0.950. The van der Waals surface area contributed by atoms with Crippen LogP contribution >= 0.6 is 0 Å². The van der Waals surface area contributed by atoms with Crippen molar-refractivity contribution in [2.45, 2.75) is 13.0 Å². The molecule has 11 heteroatoms. The largest absolute Gasteiger partial charge is 0.465 e. The highest BCUT2D eigenvalue weighted by Gasteiger charge is 2.18. The fraction of sp³-hybridized carbons (Fsp3) is 0.400. The Bertz CT molecular complexity index is 1480. The van der Waals surface area contributed by atoms with Gasteiger partial charge in [0.1, 0.15) is 5.82 Å². The summed E-state index contributed by atoms with van der Waals surface area (Å²) in [7, 11) is 1.37. The van der Waals surface area contributed by atoms with Gasteiger partial charge in [0.2, 0.25) is 5.95 Å². The molecule has 2 aliphatic rings. The van der Waals surface area contributed by atoms with E-state index < -0.39 is 0 Å². The molecule has 214 valence electrons. The molecule has 6 rings (SSSR count). The number of benzene rings is 2. The number of ether oxygens (including phenoxy) is 3. The lowest BCUT2D eigenvalue weighted by molar-refractivity contribution is 0.0369. The van der Waals surface area contributed by atoms with E-state index in [1.807, 2.05) is 24.5 Å². The van der Waals surface area contributed by atoms with Crippen LogP contribution in [0.5, 0.6) is 0 Å². The number of imidazole rings is 1. The zero-order chi connectivity index (χ0) is 28.0. The van der Waals surface area contributed by atoms with Crippen molar-refractivity contribution < 1.29 is 19.0 Å². The molecular formula is C30H35N7O4. The van der Waals surface area contributed by atoms with Crippen molar-refractivity contribution in [3.8, 4) is 11.3 Å². The van der Waals surface area contributed by atoms with E-state index in [9.17, 15) is 4.79 Å². The molecule has 0 radical (unpaired) electrons. The van der Waals surface area contributed by atoms with Gasteiger partial charge in [-0.3, -0.25) is 4.90 Å². The number of esters is 1. The minimum Gasteiger partial charge on any atom is -0.465 e. The first-order valence-electron chi connectivity index (χ1n) is 14.1. The molecule has 0 saturated carbocycles. The summed E-state index contributed by atoms with van der Waals surface area (Å²) in [5, 5.41) is 3.39. The summed E-state index contributed by atoms with van der Waals surface area (Å²) in [6.07, 6.45) is 2.98. The highest BCUT2D eigenvalue weighted by Crippen LogP contribution is 2.28. The highest BCUT2D eigenvalue weighted by molar-refractivity contribution is 5.89. The molecule has 2 fully saturated rings. The van der Waals surface area contributed by atoms with Gasteiger partial charge in [0.25, 0.3) is 0 Å². The zero-order valence-electron chi connectivity index (χ0n) is 23.3.